The highest BCUT2D eigenvalue weighted by molar-refractivity contribution is 6.30. The van der Waals surface area contributed by atoms with Crippen molar-refractivity contribution in [3.8, 4) is 5.75 Å². The predicted octanol–water partition coefficient (Wildman–Crippen LogP) is 3.51. The Balaban J connectivity index is 1.48. The van der Waals surface area contributed by atoms with Crippen LogP contribution < -0.4 is 15.4 Å². The first-order valence-electron chi connectivity index (χ1n) is 10.3. The summed E-state index contributed by atoms with van der Waals surface area (Å²) >= 11 is 5.90. The van der Waals surface area contributed by atoms with Gasteiger partial charge < -0.3 is 25.0 Å². The number of benzene rings is 1. The first kappa shape index (κ1) is 21.8. The van der Waals surface area contributed by atoms with Crippen LogP contribution in [-0.2, 0) is 4.74 Å². The third-order valence-corrected chi connectivity index (χ3v) is 6.02. The molecule has 0 spiro atoms. The highest BCUT2D eigenvalue weighted by Crippen LogP contribution is 2.30. The minimum atomic E-state index is -0.428. The maximum atomic E-state index is 14.9. The Kier molecular flexibility index (Phi) is 6.89. The number of pyridine rings is 1. The Hall–Kier alpha value is -2.42. The summed E-state index contributed by atoms with van der Waals surface area (Å²) in [5.41, 5.74) is 0.974. The number of carbonyl (C=O) groups is 1. The number of halogens is 2. The van der Waals surface area contributed by atoms with Gasteiger partial charge in [-0.05, 0) is 30.7 Å². The van der Waals surface area contributed by atoms with Crippen molar-refractivity contribution in [1.82, 2.24) is 15.2 Å². The van der Waals surface area contributed by atoms with Crippen LogP contribution in [0.4, 0.5) is 14.9 Å². The van der Waals surface area contributed by atoms with Crippen LogP contribution in [-0.4, -0.2) is 61.9 Å². The number of rotatable bonds is 6. The Morgan fingerprint density at radius 2 is 2.13 bits per heavy atom. The van der Waals surface area contributed by atoms with Gasteiger partial charge in [0.05, 0.1) is 32.2 Å². The summed E-state index contributed by atoms with van der Waals surface area (Å²) in [4.78, 5) is 19.3. The van der Waals surface area contributed by atoms with E-state index in [4.69, 9.17) is 21.1 Å². The second-order valence-corrected chi connectivity index (χ2v) is 8.45. The summed E-state index contributed by atoms with van der Waals surface area (Å²) in [5.74, 6) is 0.164. The molecule has 2 atom stereocenters. The van der Waals surface area contributed by atoms with Crippen molar-refractivity contribution in [2.75, 3.05) is 45.3 Å². The Labute approximate surface area is 185 Å². The fraction of sp³-hybridized carbons (Fsp3) is 0.455. The van der Waals surface area contributed by atoms with Gasteiger partial charge in [0.25, 0.3) is 0 Å². The largest absolute Gasteiger partial charge is 0.495 e. The van der Waals surface area contributed by atoms with Crippen LogP contribution in [0, 0.1) is 11.7 Å². The molecule has 1 aromatic heterocycles. The van der Waals surface area contributed by atoms with E-state index in [1.54, 1.807) is 24.3 Å². The SMILES string of the molecule is COc1cnc(C2CN(CC3COC3)CCC2NC(=O)Nc2ccc(Cl)cc2)c(F)c1. The molecule has 166 valence electrons. The monoisotopic (exact) mass is 448 g/mol. The van der Waals surface area contributed by atoms with Gasteiger partial charge in [-0.1, -0.05) is 11.6 Å². The van der Waals surface area contributed by atoms with E-state index >= 15 is 0 Å². The zero-order valence-electron chi connectivity index (χ0n) is 17.3. The first-order chi connectivity index (χ1) is 15.0. The summed E-state index contributed by atoms with van der Waals surface area (Å²) in [6, 6.07) is 7.62. The minimum absolute atomic E-state index is 0.253. The van der Waals surface area contributed by atoms with Crippen LogP contribution in [0.5, 0.6) is 5.75 Å². The molecule has 0 aliphatic carbocycles. The molecule has 0 bridgehead atoms. The second-order valence-electron chi connectivity index (χ2n) is 8.01. The lowest BCUT2D eigenvalue weighted by atomic mass is 9.88. The van der Waals surface area contributed by atoms with E-state index in [-0.39, 0.29) is 18.0 Å². The normalized spacial score (nSPS) is 21.9. The van der Waals surface area contributed by atoms with Gasteiger partial charge in [0.2, 0.25) is 0 Å². The van der Waals surface area contributed by atoms with Crippen molar-refractivity contribution in [3.63, 3.8) is 0 Å². The lowest BCUT2D eigenvalue weighted by Crippen LogP contribution is -2.53. The molecule has 2 aliphatic heterocycles. The van der Waals surface area contributed by atoms with Gasteiger partial charge >= 0.3 is 6.03 Å². The van der Waals surface area contributed by atoms with E-state index in [0.717, 1.165) is 26.3 Å². The van der Waals surface area contributed by atoms with Crippen LogP contribution >= 0.6 is 11.6 Å². The Morgan fingerprint density at radius 3 is 2.77 bits per heavy atom. The van der Waals surface area contributed by atoms with Crippen LogP contribution in [0.1, 0.15) is 18.0 Å². The molecule has 2 saturated heterocycles. The molecule has 4 rings (SSSR count). The number of hydrogen-bond acceptors (Lipinski definition) is 5. The molecule has 2 unspecified atom stereocenters. The van der Waals surface area contributed by atoms with Crippen molar-refractivity contribution >= 4 is 23.3 Å². The van der Waals surface area contributed by atoms with Gasteiger partial charge in [0.1, 0.15) is 11.6 Å². The van der Waals surface area contributed by atoms with Crippen LogP contribution in [0.2, 0.25) is 5.02 Å². The highest BCUT2D eigenvalue weighted by Gasteiger charge is 2.35. The maximum absolute atomic E-state index is 14.9. The number of amides is 2. The molecule has 2 fully saturated rings. The fourth-order valence-corrected chi connectivity index (χ4v) is 4.20. The molecule has 31 heavy (non-hydrogen) atoms. The third-order valence-electron chi connectivity index (χ3n) is 5.77. The second kappa shape index (κ2) is 9.80. The smallest absolute Gasteiger partial charge is 0.319 e. The van der Waals surface area contributed by atoms with Gasteiger partial charge in [-0.2, -0.15) is 0 Å². The van der Waals surface area contributed by atoms with E-state index < -0.39 is 5.82 Å². The standard InChI is InChI=1S/C22H26ClFN4O3/c1-30-17-8-19(24)21(25-9-17)18-11-28(10-14-12-31-13-14)7-6-20(18)27-22(29)26-16-4-2-15(23)3-5-16/h2-5,8-9,14,18,20H,6-7,10-13H2,1H3,(H2,26,27,29). The van der Waals surface area contributed by atoms with Gasteiger partial charge in [-0.3, -0.25) is 4.98 Å². The number of methoxy groups -OCH3 is 1. The number of likely N-dealkylation sites (tertiary alicyclic amines) is 1. The quantitative estimate of drug-likeness (QED) is 0.707. The molecular weight excluding hydrogens is 423 g/mol. The molecule has 2 N–H and O–H groups in total. The van der Waals surface area contributed by atoms with Gasteiger partial charge in [-0.15, -0.1) is 0 Å². The third kappa shape index (κ3) is 5.44. The molecule has 7 nitrogen and oxygen atoms in total. The predicted molar refractivity (Wildman–Crippen MR) is 116 cm³/mol. The molecule has 3 heterocycles. The fourth-order valence-electron chi connectivity index (χ4n) is 4.07. The summed E-state index contributed by atoms with van der Waals surface area (Å²) < 4.78 is 25.2. The summed E-state index contributed by atoms with van der Waals surface area (Å²) in [5, 5.41) is 6.42. The van der Waals surface area contributed by atoms with E-state index in [0.29, 0.717) is 41.0 Å². The molecular formula is C22H26ClFN4O3. The van der Waals surface area contributed by atoms with E-state index in [1.807, 2.05) is 0 Å². The zero-order chi connectivity index (χ0) is 21.8. The van der Waals surface area contributed by atoms with Crippen LogP contribution in [0.3, 0.4) is 0 Å². The Morgan fingerprint density at radius 1 is 1.35 bits per heavy atom. The van der Waals surface area contributed by atoms with Gasteiger partial charge in [-0.25, -0.2) is 9.18 Å². The Bertz CT molecular complexity index is 910. The van der Waals surface area contributed by atoms with Crippen LogP contribution in [0.25, 0.3) is 0 Å². The number of anilines is 1. The lowest BCUT2D eigenvalue weighted by Gasteiger charge is -2.41. The average Bonchev–Trinajstić information content (AvgIpc) is 2.73. The van der Waals surface area contributed by atoms with Crippen molar-refractivity contribution in [2.45, 2.75) is 18.4 Å². The van der Waals surface area contributed by atoms with Crippen molar-refractivity contribution in [2.24, 2.45) is 5.92 Å². The number of nitrogens with one attached hydrogen (secondary N) is 2. The molecule has 2 aliphatic rings. The van der Waals surface area contributed by atoms with E-state index in [2.05, 4.69) is 20.5 Å². The van der Waals surface area contributed by atoms with Crippen molar-refractivity contribution < 1.29 is 18.7 Å². The number of piperidine rings is 1. The number of carbonyl (C=O) groups excluding carboxylic acids is 1. The minimum Gasteiger partial charge on any atom is -0.495 e. The zero-order valence-corrected chi connectivity index (χ0v) is 18.1. The molecule has 9 heteroatoms. The molecule has 0 saturated carbocycles. The van der Waals surface area contributed by atoms with Gasteiger partial charge in [0, 0.05) is 54.3 Å². The number of urea groups is 1. The molecule has 2 aromatic rings. The topological polar surface area (TPSA) is 75.7 Å². The van der Waals surface area contributed by atoms with Crippen molar-refractivity contribution in [1.29, 1.82) is 0 Å². The molecule has 0 radical (unpaired) electrons. The summed E-state index contributed by atoms with van der Waals surface area (Å²) in [6.07, 6.45) is 2.21. The molecule has 1 aromatic carbocycles. The van der Waals surface area contributed by atoms with Gasteiger partial charge in [0.15, 0.2) is 0 Å². The van der Waals surface area contributed by atoms with E-state index in [9.17, 15) is 9.18 Å². The number of ether oxygens (including phenoxy) is 2. The number of nitrogens with zero attached hydrogens (tertiary/aromatic N) is 2. The van der Waals surface area contributed by atoms with Crippen molar-refractivity contribution in [3.05, 3.63) is 53.1 Å². The number of hydrogen-bond donors (Lipinski definition) is 2. The lowest BCUT2D eigenvalue weighted by molar-refractivity contribution is -0.0500. The average molecular weight is 449 g/mol. The summed E-state index contributed by atoms with van der Waals surface area (Å²) in [6.45, 7) is 3.86. The highest BCUT2D eigenvalue weighted by atomic mass is 35.5. The van der Waals surface area contributed by atoms with Crippen LogP contribution in [0.15, 0.2) is 36.5 Å². The maximum Gasteiger partial charge on any atom is 0.319 e. The molecule has 2 amide bonds. The number of aromatic nitrogens is 1. The summed E-state index contributed by atoms with van der Waals surface area (Å²) in [7, 11) is 1.48. The first-order valence-corrected chi connectivity index (χ1v) is 10.7. The van der Waals surface area contributed by atoms with E-state index in [1.165, 1.54) is 19.4 Å².